The summed E-state index contributed by atoms with van der Waals surface area (Å²) in [6.07, 6.45) is 3.43. The largest absolute Gasteiger partial charge is 0.494 e. The molecule has 3 amide bonds. The van der Waals surface area contributed by atoms with Gasteiger partial charge in [-0.15, -0.1) is 5.11 Å². The number of anilines is 2. The monoisotopic (exact) mass is 437 g/mol. The Morgan fingerprint density at radius 1 is 1.06 bits per heavy atom. The second-order valence-electron chi connectivity index (χ2n) is 7.50. The molecule has 3 N–H and O–H groups in total. The highest BCUT2D eigenvalue weighted by Gasteiger charge is 2.21. The molecule has 0 saturated carbocycles. The van der Waals surface area contributed by atoms with Crippen molar-refractivity contribution in [3.63, 3.8) is 0 Å². The predicted octanol–water partition coefficient (Wildman–Crippen LogP) is 5.45. The minimum Gasteiger partial charge on any atom is -0.494 e. The molecule has 2 aromatic carbocycles. The minimum absolute atomic E-state index is 0.0333. The van der Waals surface area contributed by atoms with Crippen LogP contribution in [0.5, 0.6) is 11.8 Å². The summed E-state index contributed by atoms with van der Waals surface area (Å²) in [5.41, 5.74) is 1.50. The van der Waals surface area contributed by atoms with E-state index >= 15 is 0 Å². The van der Waals surface area contributed by atoms with Crippen molar-refractivity contribution in [3.05, 3.63) is 42.5 Å². The van der Waals surface area contributed by atoms with Crippen LogP contribution in [0.2, 0.25) is 0 Å². The van der Waals surface area contributed by atoms with E-state index in [-0.39, 0.29) is 17.7 Å². The number of benzene rings is 2. The summed E-state index contributed by atoms with van der Waals surface area (Å²) in [7, 11) is 3.03. The van der Waals surface area contributed by atoms with E-state index in [2.05, 4.69) is 22.5 Å². The summed E-state index contributed by atoms with van der Waals surface area (Å²) < 4.78 is 1.23. The molecule has 3 rings (SSSR count). The van der Waals surface area contributed by atoms with E-state index in [4.69, 9.17) is 0 Å². The van der Waals surface area contributed by atoms with Crippen LogP contribution in [0, 0.1) is 0 Å². The molecule has 0 unspecified atom stereocenters. The van der Waals surface area contributed by atoms with Gasteiger partial charge in [-0.05, 0) is 42.8 Å². The fourth-order valence-corrected chi connectivity index (χ4v) is 3.33. The Kier molecular flexibility index (Phi) is 7.09. The third-order valence-corrected chi connectivity index (χ3v) is 5.20. The number of amides is 3. The van der Waals surface area contributed by atoms with Gasteiger partial charge in [0.2, 0.25) is 17.7 Å². The molecule has 3 aromatic rings. The van der Waals surface area contributed by atoms with Crippen molar-refractivity contribution in [3.8, 4) is 11.8 Å². The maximum Gasteiger partial charge on any atom is 0.366 e. The number of nitrogens with zero attached hydrogens (tertiary/aromatic N) is 4. The molecular weight excluding hydrogens is 410 g/mol. The van der Waals surface area contributed by atoms with Gasteiger partial charge in [-0.25, -0.2) is 4.79 Å². The molecule has 0 atom stereocenters. The van der Waals surface area contributed by atoms with Crippen molar-refractivity contribution in [1.29, 1.82) is 0 Å². The Labute approximate surface area is 186 Å². The van der Waals surface area contributed by atoms with Crippen LogP contribution in [-0.4, -0.2) is 33.8 Å². The van der Waals surface area contributed by atoms with Gasteiger partial charge in [0.25, 0.3) is 0 Å². The van der Waals surface area contributed by atoms with Crippen LogP contribution in [0.4, 0.5) is 21.9 Å². The first-order chi connectivity index (χ1) is 15.3. The van der Waals surface area contributed by atoms with Crippen molar-refractivity contribution >= 4 is 39.8 Å². The molecule has 0 radical (unpaired) electrons. The molecule has 9 heteroatoms. The number of aromatic hydroxyl groups is 2. The van der Waals surface area contributed by atoms with Crippen LogP contribution in [0.3, 0.4) is 0 Å². The van der Waals surface area contributed by atoms with Crippen molar-refractivity contribution in [2.45, 2.75) is 32.6 Å². The van der Waals surface area contributed by atoms with Crippen LogP contribution in [0.15, 0.2) is 52.7 Å². The fraction of sp³-hybridized carbons (Fsp3) is 0.304. The molecular formula is C23H27N5O4. The molecule has 0 aliphatic heterocycles. The number of aromatic nitrogens is 1. The van der Waals surface area contributed by atoms with Crippen molar-refractivity contribution in [2.24, 2.45) is 17.3 Å². The van der Waals surface area contributed by atoms with Crippen LogP contribution in [0.1, 0.15) is 32.6 Å². The molecule has 32 heavy (non-hydrogen) atoms. The summed E-state index contributed by atoms with van der Waals surface area (Å²) in [6.45, 7) is 2.09. The molecule has 0 spiro atoms. The van der Waals surface area contributed by atoms with E-state index in [1.54, 1.807) is 42.5 Å². The normalized spacial score (nSPS) is 11.2. The van der Waals surface area contributed by atoms with Crippen LogP contribution >= 0.6 is 0 Å². The van der Waals surface area contributed by atoms with Crippen molar-refractivity contribution in [2.75, 3.05) is 17.3 Å². The quantitative estimate of drug-likeness (QED) is 0.336. The van der Waals surface area contributed by atoms with Crippen molar-refractivity contribution in [1.82, 2.24) is 4.57 Å². The Hall–Kier alpha value is -3.88. The smallest absolute Gasteiger partial charge is 0.366 e. The summed E-state index contributed by atoms with van der Waals surface area (Å²) in [6, 6.07) is 11.0. The van der Waals surface area contributed by atoms with Crippen LogP contribution in [-0.2, 0) is 11.8 Å². The van der Waals surface area contributed by atoms with Gasteiger partial charge >= 0.3 is 6.03 Å². The number of urea groups is 1. The van der Waals surface area contributed by atoms with Crippen molar-refractivity contribution < 1.29 is 19.8 Å². The van der Waals surface area contributed by atoms with Gasteiger partial charge in [-0.1, -0.05) is 30.9 Å². The standard InChI is InChI=1S/C23H27N5O4/c1-4-5-6-10-19(29)24-15-11-13-16(14-12-15)25-26-23(32)27(2)18-9-7-8-17-20(18)22(31)28(3)21(17)30/h7-9,11-14,30-31H,4-6,10H2,1-3H3,(H,24,29). The number of hydrogen-bond donors (Lipinski definition) is 3. The Morgan fingerprint density at radius 2 is 1.78 bits per heavy atom. The molecule has 0 saturated heterocycles. The number of rotatable bonds is 7. The number of hydrogen-bond acceptors (Lipinski definition) is 5. The zero-order valence-electron chi connectivity index (χ0n) is 18.4. The highest BCUT2D eigenvalue weighted by molar-refractivity contribution is 6.07. The molecule has 9 nitrogen and oxygen atoms in total. The van der Waals surface area contributed by atoms with E-state index in [1.807, 2.05) is 0 Å². The van der Waals surface area contributed by atoms with Gasteiger partial charge in [0.1, 0.15) is 0 Å². The van der Waals surface area contributed by atoms with Gasteiger partial charge in [-0.2, -0.15) is 0 Å². The highest BCUT2D eigenvalue weighted by Crippen LogP contribution is 2.40. The van der Waals surface area contributed by atoms with E-state index in [0.717, 1.165) is 19.3 Å². The first-order valence-corrected chi connectivity index (χ1v) is 10.4. The van der Waals surface area contributed by atoms with E-state index in [0.29, 0.717) is 34.3 Å². The van der Waals surface area contributed by atoms with Gasteiger partial charge in [0.05, 0.1) is 16.8 Å². The lowest BCUT2D eigenvalue weighted by Gasteiger charge is -2.15. The maximum atomic E-state index is 12.6. The number of unbranched alkanes of at least 4 members (excludes halogenated alkanes) is 2. The van der Waals surface area contributed by atoms with Gasteiger partial charge in [0.15, 0.2) is 0 Å². The van der Waals surface area contributed by atoms with Gasteiger partial charge < -0.3 is 15.5 Å². The molecule has 168 valence electrons. The van der Waals surface area contributed by atoms with Gasteiger partial charge in [-0.3, -0.25) is 14.3 Å². The lowest BCUT2D eigenvalue weighted by Crippen LogP contribution is -2.22. The minimum atomic E-state index is -0.645. The number of fused-ring (bicyclic) bond motifs is 1. The number of azo groups is 1. The average Bonchev–Trinajstić information content (AvgIpc) is 3.02. The zero-order valence-corrected chi connectivity index (χ0v) is 18.4. The first-order valence-electron chi connectivity index (χ1n) is 10.4. The Balaban J connectivity index is 1.68. The second kappa shape index (κ2) is 9.95. The molecule has 1 aromatic heterocycles. The molecule has 0 aliphatic carbocycles. The van der Waals surface area contributed by atoms with E-state index in [9.17, 15) is 19.8 Å². The maximum absolute atomic E-state index is 12.6. The van der Waals surface area contributed by atoms with E-state index in [1.165, 1.54) is 23.6 Å². The van der Waals surface area contributed by atoms with E-state index < -0.39 is 6.03 Å². The third-order valence-electron chi connectivity index (χ3n) is 5.20. The average molecular weight is 438 g/mol. The third kappa shape index (κ3) is 4.88. The van der Waals surface area contributed by atoms with Crippen LogP contribution < -0.4 is 10.2 Å². The fourth-order valence-electron chi connectivity index (χ4n) is 3.33. The number of carbonyl (C=O) groups excluding carboxylic acids is 2. The first kappa shape index (κ1) is 22.8. The summed E-state index contributed by atoms with van der Waals surface area (Å²) in [5, 5.41) is 31.8. The lowest BCUT2D eigenvalue weighted by molar-refractivity contribution is -0.116. The number of carbonyl (C=O) groups is 2. The summed E-state index contributed by atoms with van der Waals surface area (Å²) in [5.74, 6) is -0.287. The molecule has 0 fully saturated rings. The Bertz CT molecular complexity index is 1150. The van der Waals surface area contributed by atoms with Gasteiger partial charge in [0, 0.05) is 31.6 Å². The lowest BCUT2D eigenvalue weighted by atomic mass is 10.1. The Morgan fingerprint density at radius 3 is 2.47 bits per heavy atom. The molecule has 1 heterocycles. The highest BCUT2D eigenvalue weighted by atomic mass is 16.3. The second-order valence-corrected chi connectivity index (χ2v) is 7.50. The summed E-state index contributed by atoms with van der Waals surface area (Å²) >= 11 is 0. The molecule has 0 bridgehead atoms. The molecule has 0 aliphatic rings. The number of nitrogens with one attached hydrogen (secondary N) is 1. The summed E-state index contributed by atoms with van der Waals surface area (Å²) in [4.78, 5) is 25.7. The predicted molar refractivity (Wildman–Crippen MR) is 124 cm³/mol. The topological polar surface area (TPSA) is 120 Å². The zero-order chi connectivity index (χ0) is 23.3. The SMILES string of the molecule is CCCCCC(=O)Nc1ccc(N=NC(=O)N(C)c2cccc3c(O)n(C)c(O)c23)cc1. The van der Waals surface area contributed by atoms with Crippen LogP contribution in [0.25, 0.3) is 10.8 Å².